The van der Waals surface area contributed by atoms with Gasteiger partial charge in [0.1, 0.15) is 6.10 Å². The number of amides is 3. The number of carbonyl (C=O) groups is 2. The van der Waals surface area contributed by atoms with Crippen molar-refractivity contribution < 1.29 is 14.3 Å². The molecule has 1 aromatic rings. The van der Waals surface area contributed by atoms with E-state index in [0.717, 1.165) is 12.0 Å². The summed E-state index contributed by atoms with van der Waals surface area (Å²) >= 11 is 0. The molecule has 0 saturated carbocycles. The lowest BCUT2D eigenvalue weighted by atomic mass is 10.1. The van der Waals surface area contributed by atoms with E-state index in [1.165, 1.54) is 0 Å². The Kier molecular flexibility index (Phi) is 6.57. The average Bonchev–Trinajstić information content (AvgIpc) is 3.02. The second-order valence-electron chi connectivity index (χ2n) is 6.23. The van der Waals surface area contributed by atoms with Crippen molar-refractivity contribution >= 4 is 17.6 Å². The summed E-state index contributed by atoms with van der Waals surface area (Å²) in [5.41, 5.74) is 7.20. The monoisotopic (exact) mass is 334 g/mol. The number of nitrogens with two attached hydrogens (primary N) is 1. The molecule has 1 saturated heterocycles. The van der Waals surface area contributed by atoms with Gasteiger partial charge in [0.2, 0.25) is 5.91 Å². The van der Waals surface area contributed by atoms with Crippen LogP contribution in [0.15, 0.2) is 24.3 Å². The Morgan fingerprint density at radius 3 is 2.54 bits per heavy atom. The van der Waals surface area contributed by atoms with Gasteiger partial charge in [-0.15, -0.1) is 0 Å². The van der Waals surface area contributed by atoms with E-state index >= 15 is 0 Å². The van der Waals surface area contributed by atoms with Crippen LogP contribution in [0.4, 0.5) is 10.5 Å². The van der Waals surface area contributed by atoms with Gasteiger partial charge >= 0.3 is 6.03 Å². The van der Waals surface area contributed by atoms with Crippen molar-refractivity contribution in [2.75, 3.05) is 11.9 Å². The first kappa shape index (κ1) is 18.2. The lowest BCUT2D eigenvalue weighted by molar-refractivity contribution is -0.132. The van der Waals surface area contributed by atoms with Crippen molar-refractivity contribution in [3.63, 3.8) is 0 Å². The van der Waals surface area contributed by atoms with Crippen LogP contribution >= 0.6 is 0 Å². The van der Waals surface area contributed by atoms with Crippen LogP contribution < -0.4 is 21.7 Å². The number of urea groups is 1. The summed E-state index contributed by atoms with van der Waals surface area (Å²) in [5.74, 6) is -0.107. The Morgan fingerprint density at radius 1 is 1.25 bits per heavy atom. The molecule has 1 aliphatic rings. The van der Waals surface area contributed by atoms with Crippen molar-refractivity contribution in [2.45, 2.75) is 51.5 Å². The number of rotatable bonds is 6. The first-order valence-electron chi connectivity index (χ1n) is 8.27. The van der Waals surface area contributed by atoms with Crippen LogP contribution in [-0.4, -0.2) is 36.7 Å². The van der Waals surface area contributed by atoms with Crippen molar-refractivity contribution in [3.8, 4) is 0 Å². The van der Waals surface area contributed by atoms with E-state index in [0.29, 0.717) is 25.2 Å². The third-order valence-electron chi connectivity index (χ3n) is 3.76. The molecule has 2 rings (SSSR count). The maximum absolute atomic E-state index is 12.1. The Hall–Kier alpha value is -2.12. The fraction of sp³-hybridized carbons (Fsp3) is 0.529. The molecule has 1 fully saturated rings. The van der Waals surface area contributed by atoms with Gasteiger partial charge in [-0.3, -0.25) is 4.79 Å². The fourth-order valence-electron chi connectivity index (χ4n) is 2.51. The standard InChI is InChI=1S/C17H26N4O3/c1-11(2)20-17(23)21-13-5-3-12(4-6-13)10-19-16(22)15-8-7-14(9-18)24-15/h3-6,11,14-15H,7-10,18H2,1-2H3,(H,19,22)(H2,20,21,23)/t14-,15+/m1/s1. The van der Waals surface area contributed by atoms with E-state index < -0.39 is 6.10 Å². The molecule has 1 aromatic carbocycles. The van der Waals surface area contributed by atoms with Crippen molar-refractivity contribution in [2.24, 2.45) is 5.73 Å². The Balaban J connectivity index is 1.77. The van der Waals surface area contributed by atoms with Gasteiger partial charge in [-0.25, -0.2) is 4.79 Å². The predicted molar refractivity (Wildman–Crippen MR) is 92.5 cm³/mol. The SMILES string of the molecule is CC(C)NC(=O)Nc1ccc(CNC(=O)[C@@H]2CC[C@H](CN)O2)cc1. The first-order chi connectivity index (χ1) is 11.5. The molecule has 0 spiro atoms. The number of benzene rings is 1. The van der Waals surface area contributed by atoms with Crippen LogP contribution in [0, 0.1) is 0 Å². The predicted octanol–water partition coefficient (Wildman–Crippen LogP) is 1.34. The molecular weight excluding hydrogens is 308 g/mol. The maximum atomic E-state index is 12.1. The third-order valence-corrected chi connectivity index (χ3v) is 3.76. The summed E-state index contributed by atoms with van der Waals surface area (Å²) in [6.07, 6.45) is 1.12. The number of hydrogen-bond donors (Lipinski definition) is 4. The first-order valence-corrected chi connectivity index (χ1v) is 8.27. The van der Waals surface area contributed by atoms with Gasteiger partial charge in [0.05, 0.1) is 6.10 Å². The van der Waals surface area contributed by atoms with E-state index in [-0.39, 0.29) is 24.1 Å². The van der Waals surface area contributed by atoms with Crippen LogP contribution in [0.2, 0.25) is 0 Å². The van der Waals surface area contributed by atoms with Gasteiger partial charge in [0.25, 0.3) is 0 Å². The average molecular weight is 334 g/mol. The Bertz CT molecular complexity index is 559. The summed E-state index contributed by atoms with van der Waals surface area (Å²) in [6.45, 7) is 4.66. The normalized spacial score (nSPS) is 20.0. The molecule has 0 aliphatic carbocycles. The van der Waals surface area contributed by atoms with Crippen molar-refractivity contribution in [3.05, 3.63) is 29.8 Å². The molecule has 24 heavy (non-hydrogen) atoms. The summed E-state index contributed by atoms with van der Waals surface area (Å²) in [5, 5.41) is 8.38. The molecule has 0 unspecified atom stereocenters. The summed E-state index contributed by atoms with van der Waals surface area (Å²) in [7, 11) is 0. The smallest absolute Gasteiger partial charge is 0.319 e. The topological polar surface area (TPSA) is 105 Å². The fourth-order valence-corrected chi connectivity index (χ4v) is 2.51. The second kappa shape index (κ2) is 8.65. The molecule has 0 bridgehead atoms. The largest absolute Gasteiger partial charge is 0.364 e. The van der Waals surface area contributed by atoms with E-state index in [2.05, 4.69) is 16.0 Å². The van der Waals surface area contributed by atoms with Crippen LogP contribution in [-0.2, 0) is 16.1 Å². The number of carbonyl (C=O) groups excluding carboxylic acids is 2. The van der Waals surface area contributed by atoms with E-state index in [1.807, 2.05) is 26.0 Å². The molecule has 1 aliphatic heterocycles. The van der Waals surface area contributed by atoms with Gasteiger partial charge < -0.3 is 26.4 Å². The van der Waals surface area contributed by atoms with Crippen molar-refractivity contribution in [1.29, 1.82) is 0 Å². The molecular formula is C17H26N4O3. The number of nitrogens with one attached hydrogen (secondary N) is 3. The molecule has 3 amide bonds. The molecule has 5 N–H and O–H groups in total. The van der Waals surface area contributed by atoms with Crippen LogP contribution in [0.25, 0.3) is 0 Å². The van der Waals surface area contributed by atoms with Gasteiger partial charge in [-0.05, 0) is 44.4 Å². The molecule has 7 nitrogen and oxygen atoms in total. The van der Waals surface area contributed by atoms with Crippen molar-refractivity contribution in [1.82, 2.24) is 10.6 Å². The van der Waals surface area contributed by atoms with Gasteiger partial charge in [0, 0.05) is 24.8 Å². The van der Waals surface area contributed by atoms with Crippen LogP contribution in [0.3, 0.4) is 0 Å². The molecule has 7 heteroatoms. The minimum Gasteiger partial charge on any atom is -0.364 e. The number of hydrogen-bond acceptors (Lipinski definition) is 4. The maximum Gasteiger partial charge on any atom is 0.319 e. The highest BCUT2D eigenvalue weighted by molar-refractivity contribution is 5.89. The quantitative estimate of drug-likeness (QED) is 0.630. The lowest BCUT2D eigenvalue weighted by Crippen LogP contribution is -2.35. The zero-order chi connectivity index (χ0) is 17.5. The highest BCUT2D eigenvalue weighted by Crippen LogP contribution is 2.19. The highest BCUT2D eigenvalue weighted by Gasteiger charge is 2.29. The molecule has 0 radical (unpaired) electrons. The molecule has 1 heterocycles. The minimum absolute atomic E-state index is 0.0110. The summed E-state index contributed by atoms with van der Waals surface area (Å²) < 4.78 is 5.56. The molecule has 132 valence electrons. The van der Waals surface area contributed by atoms with Gasteiger partial charge in [0.15, 0.2) is 0 Å². The van der Waals surface area contributed by atoms with Gasteiger partial charge in [-0.2, -0.15) is 0 Å². The van der Waals surface area contributed by atoms with E-state index in [4.69, 9.17) is 10.5 Å². The number of anilines is 1. The van der Waals surface area contributed by atoms with Crippen LogP contribution in [0.1, 0.15) is 32.3 Å². The van der Waals surface area contributed by atoms with E-state index in [1.54, 1.807) is 12.1 Å². The lowest BCUT2D eigenvalue weighted by Gasteiger charge is -2.13. The zero-order valence-corrected chi connectivity index (χ0v) is 14.2. The molecule has 2 atom stereocenters. The highest BCUT2D eigenvalue weighted by atomic mass is 16.5. The Morgan fingerprint density at radius 2 is 1.96 bits per heavy atom. The van der Waals surface area contributed by atoms with E-state index in [9.17, 15) is 9.59 Å². The summed E-state index contributed by atoms with van der Waals surface area (Å²) in [4.78, 5) is 23.7. The van der Waals surface area contributed by atoms with Crippen LogP contribution in [0.5, 0.6) is 0 Å². The molecule has 0 aromatic heterocycles. The number of ether oxygens (including phenoxy) is 1. The Labute approximate surface area is 142 Å². The second-order valence-corrected chi connectivity index (χ2v) is 6.23. The zero-order valence-electron chi connectivity index (χ0n) is 14.2. The minimum atomic E-state index is -0.404. The summed E-state index contributed by atoms with van der Waals surface area (Å²) in [6, 6.07) is 7.18. The third kappa shape index (κ3) is 5.50. The van der Waals surface area contributed by atoms with Gasteiger partial charge in [-0.1, -0.05) is 12.1 Å².